The molecule has 14 aromatic rings. The van der Waals surface area contributed by atoms with E-state index in [1.165, 1.54) is 22.3 Å². The number of hydrogen-bond donors (Lipinski definition) is 0. The maximum absolute atomic E-state index is 6.76. The van der Waals surface area contributed by atoms with Crippen molar-refractivity contribution < 1.29 is 9.15 Å². The average Bonchev–Trinajstić information content (AvgIpc) is 3.17. The number of aromatic nitrogens is 5. The van der Waals surface area contributed by atoms with Crippen LogP contribution in [0.5, 0.6) is 11.5 Å². The number of benzene rings is 10. The minimum absolute atomic E-state index is 0.522. The normalized spacial score (nSPS) is 12.6. The molecule has 0 saturated heterocycles. The Morgan fingerprint density at radius 2 is 0.778 bits per heavy atom. The quantitative estimate of drug-likeness (QED) is 0.150. The van der Waals surface area contributed by atoms with Crippen LogP contribution in [0.15, 0.2) is 278 Å². The topological polar surface area (TPSA) is 86.8 Å². The highest BCUT2D eigenvalue weighted by Gasteiger charge is 2.51. The molecule has 0 fully saturated rings. The fraction of sp³-hybridized carbons (Fsp3) is 0.0135. The summed E-state index contributed by atoms with van der Waals surface area (Å²) < 4.78 is 13.4. The Balaban J connectivity index is 0.853. The number of para-hydroxylation sites is 2. The van der Waals surface area contributed by atoms with Gasteiger partial charge in [0.15, 0.2) is 17.5 Å². The van der Waals surface area contributed by atoms with Crippen molar-refractivity contribution in [2.24, 2.45) is 0 Å². The third kappa shape index (κ3) is 7.54. The van der Waals surface area contributed by atoms with Crippen LogP contribution in [0.4, 0.5) is 0 Å². The number of ether oxygens (including phenoxy) is 1. The molecule has 7 nitrogen and oxygen atoms in total. The number of fused-ring (bicyclic) bond motifs is 12. The summed E-state index contributed by atoms with van der Waals surface area (Å²) in [6.07, 6.45) is 3.86. The van der Waals surface area contributed by atoms with E-state index in [-0.39, 0.29) is 0 Å². The average molecular weight is 1040 g/mol. The molecule has 7 heteroatoms. The maximum atomic E-state index is 6.76. The van der Waals surface area contributed by atoms with Gasteiger partial charge in [0.25, 0.3) is 0 Å². The zero-order valence-electron chi connectivity index (χ0n) is 43.5. The second-order valence-corrected chi connectivity index (χ2v) is 20.7. The molecule has 16 rings (SSSR count). The highest BCUT2D eigenvalue weighted by atomic mass is 16.5. The van der Waals surface area contributed by atoms with Crippen LogP contribution in [0, 0.1) is 0 Å². The molecule has 1 spiro atoms. The lowest BCUT2D eigenvalue weighted by Crippen LogP contribution is -2.32. The summed E-state index contributed by atoms with van der Waals surface area (Å²) in [5.74, 6) is 3.31. The van der Waals surface area contributed by atoms with Gasteiger partial charge >= 0.3 is 0 Å². The van der Waals surface area contributed by atoms with Gasteiger partial charge in [-0.3, -0.25) is 9.97 Å². The molecule has 0 amide bonds. The first-order valence-electron chi connectivity index (χ1n) is 27.2. The van der Waals surface area contributed by atoms with Crippen LogP contribution in [0.2, 0.25) is 0 Å². The first-order chi connectivity index (χ1) is 40.1. The Morgan fingerprint density at radius 1 is 0.296 bits per heavy atom. The molecule has 0 atom stereocenters. The SMILES string of the molecule is c1ccc(-c2ccc(-c3cccc(-c4nc(-c5cccc(-c6ccc(-c7ccccc7)cn6)c5)nc(-c5cccc6oc7ccc(-c8cccc9c8-c8ccccc8C98c9ccccc9Oc9ccccc98)cc7c56)n4)c3)nc2)cc1. The van der Waals surface area contributed by atoms with Crippen LogP contribution in [-0.2, 0) is 5.41 Å². The van der Waals surface area contributed by atoms with Crippen LogP contribution in [0.3, 0.4) is 0 Å². The van der Waals surface area contributed by atoms with Crippen molar-refractivity contribution in [3.63, 3.8) is 0 Å². The number of nitrogens with zero attached hydrogens (tertiary/aromatic N) is 5. The highest BCUT2D eigenvalue weighted by Crippen LogP contribution is 2.63. The van der Waals surface area contributed by atoms with Gasteiger partial charge in [0, 0.05) is 73.2 Å². The molecule has 378 valence electrons. The summed E-state index contributed by atoms with van der Waals surface area (Å²) in [4.78, 5) is 25.9. The van der Waals surface area contributed by atoms with Gasteiger partial charge in [-0.25, -0.2) is 15.0 Å². The summed E-state index contributed by atoms with van der Waals surface area (Å²) in [5, 5.41) is 1.88. The predicted molar refractivity (Wildman–Crippen MR) is 324 cm³/mol. The van der Waals surface area contributed by atoms with E-state index in [9.17, 15) is 0 Å². The van der Waals surface area contributed by atoms with Gasteiger partial charge in [-0.2, -0.15) is 0 Å². The van der Waals surface area contributed by atoms with Crippen LogP contribution in [0.1, 0.15) is 22.3 Å². The van der Waals surface area contributed by atoms with E-state index in [4.69, 9.17) is 34.1 Å². The monoisotopic (exact) mass is 1040 g/mol. The van der Waals surface area contributed by atoms with Gasteiger partial charge in [-0.15, -0.1) is 0 Å². The van der Waals surface area contributed by atoms with Crippen LogP contribution >= 0.6 is 0 Å². The third-order valence-corrected chi connectivity index (χ3v) is 16.1. The summed E-state index contributed by atoms with van der Waals surface area (Å²) in [6.45, 7) is 0. The standard InChI is InChI=1S/C74H45N5O2/c1-3-17-46(18-4-1)53-35-38-63(75-44-53)49-21-13-23-51(41-49)71-77-72(52-24-14-22-50(42-52)64-39-36-54(45-76-64)47-19-5-2-6-20-47)79-73(78-71)57-27-16-34-68-70(57)58-43-48(37-40-65(58)80-68)55-26-15-31-62-69(55)56-25-7-8-28-59(56)74(62)60-29-9-11-32-66(60)81-67-33-12-10-30-61(67)74/h1-45H. The molecule has 0 bridgehead atoms. The first kappa shape index (κ1) is 46.2. The van der Waals surface area contributed by atoms with Crippen molar-refractivity contribution in [3.05, 3.63) is 296 Å². The minimum atomic E-state index is -0.590. The molecule has 81 heavy (non-hydrogen) atoms. The largest absolute Gasteiger partial charge is 0.457 e. The predicted octanol–water partition coefficient (Wildman–Crippen LogP) is 18.4. The molecular formula is C74H45N5O2. The van der Waals surface area contributed by atoms with E-state index < -0.39 is 5.41 Å². The van der Waals surface area contributed by atoms with Gasteiger partial charge < -0.3 is 9.15 Å². The van der Waals surface area contributed by atoms with Crippen molar-refractivity contribution in [1.29, 1.82) is 0 Å². The molecule has 4 aromatic heterocycles. The van der Waals surface area contributed by atoms with Gasteiger partial charge in [-0.1, -0.05) is 206 Å². The lowest BCUT2D eigenvalue weighted by molar-refractivity contribution is 0.436. The second kappa shape index (κ2) is 18.7. The van der Waals surface area contributed by atoms with Crippen molar-refractivity contribution in [2.45, 2.75) is 5.41 Å². The minimum Gasteiger partial charge on any atom is -0.457 e. The fourth-order valence-corrected chi connectivity index (χ4v) is 12.4. The van der Waals surface area contributed by atoms with E-state index in [0.717, 1.165) is 117 Å². The first-order valence-corrected chi connectivity index (χ1v) is 27.2. The van der Waals surface area contributed by atoms with E-state index in [0.29, 0.717) is 17.5 Å². The lowest BCUT2D eigenvalue weighted by Gasteiger charge is -2.39. The smallest absolute Gasteiger partial charge is 0.164 e. The highest BCUT2D eigenvalue weighted by molar-refractivity contribution is 6.13. The van der Waals surface area contributed by atoms with Crippen molar-refractivity contribution in [1.82, 2.24) is 24.9 Å². The summed E-state index contributed by atoms with van der Waals surface area (Å²) in [6, 6.07) is 90.9. The van der Waals surface area contributed by atoms with E-state index in [1.807, 2.05) is 73.1 Å². The lowest BCUT2D eigenvalue weighted by atomic mass is 9.66. The third-order valence-electron chi connectivity index (χ3n) is 16.1. The Bertz CT molecular complexity index is 4590. The molecule has 0 saturated carbocycles. The van der Waals surface area contributed by atoms with E-state index in [1.54, 1.807) is 0 Å². The van der Waals surface area contributed by atoms with Crippen LogP contribution in [0.25, 0.3) is 123 Å². The fourth-order valence-electron chi connectivity index (χ4n) is 12.4. The molecule has 0 radical (unpaired) electrons. The van der Waals surface area contributed by atoms with Crippen molar-refractivity contribution in [2.75, 3.05) is 0 Å². The van der Waals surface area contributed by atoms with E-state index in [2.05, 4.69) is 200 Å². The van der Waals surface area contributed by atoms with Gasteiger partial charge in [0.05, 0.1) is 16.8 Å². The van der Waals surface area contributed by atoms with Crippen LogP contribution < -0.4 is 4.74 Å². The molecule has 0 unspecified atom stereocenters. The second-order valence-electron chi connectivity index (χ2n) is 20.7. The number of furan rings is 1. The number of rotatable bonds is 8. The summed E-state index contributed by atoms with van der Waals surface area (Å²) >= 11 is 0. The Labute approximate surface area is 467 Å². The Morgan fingerprint density at radius 3 is 1.40 bits per heavy atom. The maximum Gasteiger partial charge on any atom is 0.164 e. The Kier molecular flexibility index (Phi) is 10.6. The van der Waals surface area contributed by atoms with Gasteiger partial charge in [-0.05, 0) is 99.1 Å². The summed E-state index contributed by atoms with van der Waals surface area (Å²) in [7, 11) is 0. The zero-order valence-corrected chi connectivity index (χ0v) is 43.5. The van der Waals surface area contributed by atoms with Gasteiger partial charge in [0.1, 0.15) is 22.7 Å². The Hall–Kier alpha value is -10.9. The molecule has 10 aromatic carbocycles. The molecule has 0 N–H and O–H groups in total. The number of pyridine rings is 2. The van der Waals surface area contributed by atoms with Crippen LogP contribution in [-0.4, -0.2) is 24.9 Å². The van der Waals surface area contributed by atoms with Crippen molar-refractivity contribution in [3.8, 4) is 113 Å². The molecule has 2 aliphatic rings. The van der Waals surface area contributed by atoms with Crippen molar-refractivity contribution >= 4 is 21.9 Å². The summed E-state index contributed by atoms with van der Waals surface area (Å²) in [5.41, 5.74) is 20.7. The van der Waals surface area contributed by atoms with Gasteiger partial charge in [0.2, 0.25) is 0 Å². The number of hydrogen-bond acceptors (Lipinski definition) is 7. The molecule has 5 heterocycles. The molecule has 1 aliphatic heterocycles. The molecular weight excluding hydrogens is 991 g/mol. The molecule has 1 aliphatic carbocycles. The zero-order chi connectivity index (χ0) is 53.4. The van der Waals surface area contributed by atoms with E-state index >= 15 is 0 Å².